The average Bonchev–Trinajstić information content (AvgIpc) is 2.92. The van der Waals surface area contributed by atoms with Crippen LogP contribution in [0.4, 0.5) is 15.3 Å². The number of imide groups is 1. The molecule has 0 aliphatic rings. The van der Waals surface area contributed by atoms with E-state index in [1.165, 1.54) is 25.6 Å². The molecule has 0 saturated carbocycles. The van der Waals surface area contributed by atoms with Gasteiger partial charge in [-0.05, 0) is 30.7 Å². The van der Waals surface area contributed by atoms with Crippen molar-refractivity contribution in [2.45, 2.75) is 13.5 Å². The highest BCUT2D eigenvalue weighted by Crippen LogP contribution is 2.30. The minimum absolute atomic E-state index is 0.188. The van der Waals surface area contributed by atoms with E-state index in [0.29, 0.717) is 26.3 Å². The average molecular weight is 405 g/mol. The minimum Gasteiger partial charge on any atom is -0.486 e. The third-order valence-electron chi connectivity index (χ3n) is 3.08. The number of carbonyl (C=O) groups excluding carboxylic acids is 2. The van der Waals surface area contributed by atoms with Gasteiger partial charge in [0.25, 0.3) is 0 Å². The molecular formula is C15H14Cl2N2O5S. The van der Waals surface area contributed by atoms with E-state index in [4.69, 9.17) is 27.9 Å². The Bertz CT molecular complexity index is 761. The number of amides is 2. The Balaban J connectivity index is 2.18. The van der Waals surface area contributed by atoms with Crippen LogP contribution in [0.2, 0.25) is 9.49 Å². The molecule has 0 fully saturated rings. The lowest BCUT2D eigenvalue weighted by atomic mass is 10.2. The summed E-state index contributed by atoms with van der Waals surface area (Å²) in [5.41, 5.74) is 0.940. The maximum atomic E-state index is 11.8. The third kappa shape index (κ3) is 4.53. The van der Waals surface area contributed by atoms with Crippen molar-refractivity contribution < 1.29 is 23.8 Å². The Morgan fingerprint density at radius 1 is 1.20 bits per heavy atom. The number of nitrogens with zero attached hydrogens (tertiary/aromatic N) is 2. The van der Waals surface area contributed by atoms with E-state index in [0.717, 1.165) is 4.90 Å². The van der Waals surface area contributed by atoms with Gasteiger partial charge in [-0.25, -0.2) is 14.6 Å². The van der Waals surface area contributed by atoms with Crippen LogP contribution in [0.3, 0.4) is 0 Å². The van der Waals surface area contributed by atoms with Crippen molar-refractivity contribution in [1.29, 1.82) is 0 Å². The predicted molar refractivity (Wildman–Crippen MR) is 94.9 cm³/mol. The second kappa shape index (κ2) is 8.37. The van der Waals surface area contributed by atoms with Gasteiger partial charge in [0.2, 0.25) is 0 Å². The van der Waals surface area contributed by atoms with Gasteiger partial charge in [0, 0.05) is 0 Å². The smallest absolute Gasteiger partial charge is 0.423 e. The number of rotatable bonds is 4. The molecule has 1 heterocycles. The summed E-state index contributed by atoms with van der Waals surface area (Å²) in [7, 11) is 2.35. The highest BCUT2D eigenvalue weighted by molar-refractivity contribution is 7.16. The number of hydrogen-bond acceptors (Lipinski definition) is 7. The van der Waals surface area contributed by atoms with E-state index >= 15 is 0 Å². The maximum absolute atomic E-state index is 11.8. The number of benzene rings is 1. The van der Waals surface area contributed by atoms with Crippen LogP contribution in [-0.2, 0) is 16.1 Å². The minimum atomic E-state index is -0.851. The second-order valence-corrected chi connectivity index (χ2v) is 6.73. The summed E-state index contributed by atoms with van der Waals surface area (Å²) in [5.74, 6) is 0.526. The summed E-state index contributed by atoms with van der Waals surface area (Å²) in [6.07, 6.45) is -1.70. The molecule has 7 nitrogen and oxygen atoms in total. The van der Waals surface area contributed by atoms with Gasteiger partial charge in [-0.15, -0.1) is 11.3 Å². The van der Waals surface area contributed by atoms with Crippen molar-refractivity contribution in [3.8, 4) is 5.75 Å². The lowest BCUT2D eigenvalue weighted by molar-refractivity contribution is 0.159. The number of ether oxygens (including phenoxy) is 3. The fourth-order valence-corrected chi connectivity index (χ4v) is 3.12. The lowest BCUT2D eigenvalue weighted by Crippen LogP contribution is -2.37. The van der Waals surface area contributed by atoms with E-state index in [1.54, 1.807) is 25.1 Å². The Morgan fingerprint density at radius 2 is 1.84 bits per heavy atom. The summed E-state index contributed by atoms with van der Waals surface area (Å²) < 4.78 is 15.3. The van der Waals surface area contributed by atoms with Crippen molar-refractivity contribution >= 4 is 52.4 Å². The van der Waals surface area contributed by atoms with Gasteiger partial charge < -0.3 is 14.2 Å². The number of carbonyl (C=O) groups is 2. The summed E-state index contributed by atoms with van der Waals surface area (Å²) in [5, 5.41) is 0.867. The van der Waals surface area contributed by atoms with Crippen LogP contribution in [0.15, 0.2) is 18.2 Å². The standard InChI is InChI=1S/C15H14Cl2N2O5S/c1-8-6-9(24-7-11-18-12(16)13(17)25-11)4-5-10(8)19(14(20)22-2)15(21)23-3/h4-6H,7H2,1-3H3. The van der Waals surface area contributed by atoms with Crippen LogP contribution in [0.1, 0.15) is 10.6 Å². The second-order valence-electron chi connectivity index (χ2n) is 4.68. The van der Waals surface area contributed by atoms with Crippen LogP contribution in [0, 0.1) is 6.92 Å². The summed E-state index contributed by atoms with van der Waals surface area (Å²) in [6.45, 7) is 1.91. The largest absolute Gasteiger partial charge is 0.486 e. The number of aryl methyl sites for hydroxylation is 1. The molecule has 2 rings (SSSR count). The summed E-state index contributed by atoms with van der Waals surface area (Å²) in [4.78, 5) is 28.5. The van der Waals surface area contributed by atoms with Crippen LogP contribution in [0.5, 0.6) is 5.75 Å². The van der Waals surface area contributed by atoms with Crippen LogP contribution in [-0.4, -0.2) is 31.4 Å². The van der Waals surface area contributed by atoms with Crippen molar-refractivity contribution in [3.05, 3.63) is 38.3 Å². The van der Waals surface area contributed by atoms with E-state index < -0.39 is 12.2 Å². The first kappa shape index (κ1) is 19.3. The van der Waals surface area contributed by atoms with Gasteiger partial charge in [0.15, 0.2) is 5.15 Å². The highest BCUT2D eigenvalue weighted by atomic mass is 35.5. The van der Waals surface area contributed by atoms with Gasteiger partial charge in [-0.3, -0.25) is 0 Å². The normalized spacial score (nSPS) is 10.3. The fraction of sp³-hybridized carbons (Fsp3) is 0.267. The molecule has 134 valence electrons. The lowest BCUT2D eigenvalue weighted by Gasteiger charge is -2.20. The zero-order chi connectivity index (χ0) is 18.6. The van der Waals surface area contributed by atoms with Crippen LogP contribution >= 0.6 is 34.5 Å². The summed E-state index contributed by atoms with van der Waals surface area (Å²) in [6, 6.07) is 4.84. The zero-order valence-corrected chi connectivity index (χ0v) is 15.9. The third-order valence-corrected chi connectivity index (χ3v) is 4.79. The van der Waals surface area contributed by atoms with Gasteiger partial charge in [-0.2, -0.15) is 4.90 Å². The van der Waals surface area contributed by atoms with Crippen molar-refractivity contribution in [1.82, 2.24) is 4.98 Å². The molecule has 1 aromatic heterocycles. The molecule has 0 saturated heterocycles. The van der Waals surface area contributed by atoms with E-state index in [-0.39, 0.29) is 11.8 Å². The van der Waals surface area contributed by atoms with Crippen LogP contribution in [0.25, 0.3) is 0 Å². The van der Waals surface area contributed by atoms with E-state index in [9.17, 15) is 9.59 Å². The molecule has 25 heavy (non-hydrogen) atoms. The molecule has 0 N–H and O–H groups in total. The van der Waals surface area contributed by atoms with Crippen LogP contribution < -0.4 is 9.64 Å². The maximum Gasteiger partial charge on any atom is 0.423 e. The first-order chi connectivity index (χ1) is 11.9. The monoisotopic (exact) mass is 404 g/mol. The van der Waals surface area contributed by atoms with Gasteiger partial charge in [-0.1, -0.05) is 23.2 Å². The Kier molecular flexibility index (Phi) is 6.46. The highest BCUT2D eigenvalue weighted by Gasteiger charge is 2.26. The molecule has 0 atom stereocenters. The molecule has 0 aliphatic carbocycles. The number of halogens is 2. The van der Waals surface area contributed by atoms with Gasteiger partial charge in [0.1, 0.15) is 21.7 Å². The Hall–Kier alpha value is -2.03. The first-order valence-corrected chi connectivity index (χ1v) is 8.44. The predicted octanol–water partition coefficient (Wildman–Crippen LogP) is 4.68. The fourth-order valence-electron chi connectivity index (χ4n) is 1.95. The molecular weight excluding hydrogens is 391 g/mol. The number of thiazole rings is 1. The van der Waals surface area contributed by atoms with Crippen molar-refractivity contribution in [2.75, 3.05) is 19.1 Å². The van der Waals surface area contributed by atoms with Gasteiger partial charge in [0.05, 0.1) is 19.9 Å². The van der Waals surface area contributed by atoms with E-state index in [1.807, 2.05) is 0 Å². The molecule has 0 spiro atoms. The zero-order valence-electron chi connectivity index (χ0n) is 13.5. The topological polar surface area (TPSA) is 78.0 Å². The molecule has 10 heteroatoms. The number of methoxy groups -OCH3 is 2. The molecule has 0 unspecified atom stereocenters. The Labute approximate surface area is 158 Å². The van der Waals surface area contributed by atoms with Crippen molar-refractivity contribution in [3.63, 3.8) is 0 Å². The number of aromatic nitrogens is 1. The number of anilines is 1. The molecule has 0 bridgehead atoms. The molecule has 0 radical (unpaired) electrons. The SMILES string of the molecule is COC(=O)N(C(=O)OC)c1ccc(OCc2nc(Cl)c(Cl)s2)cc1C. The Morgan fingerprint density at radius 3 is 2.32 bits per heavy atom. The number of hydrogen-bond donors (Lipinski definition) is 0. The summed E-state index contributed by atoms with van der Waals surface area (Å²) >= 11 is 12.9. The van der Waals surface area contributed by atoms with Crippen molar-refractivity contribution in [2.24, 2.45) is 0 Å². The quantitative estimate of drug-likeness (QED) is 0.735. The van der Waals surface area contributed by atoms with Gasteiger partial charge >= 0.3 is 12.2 Å². The van der Waals surface area contributed by atoms with E-state index in [2.05, 4.69) is 14.5 Å². The first-order valence-electron chi connectivity index (χ1n) is 6.87. The molecule has 1 aromatic carbocycles. The molecule has 2 aromatic rings. The molecule has 2 amide bonds. The molecule has 0 aliphatic heterocycles.